The Labute approximate surface area is 70.8 Å². The van der Waals surface area contributed by atoms with Gasteiger partial charge in [0.1, 0.15) is 0 Å². The molecule has 0 amide bonds. The summed E-state index contributed by atoms with van der Waals surface area (Å²) in [5, 5.41) is 8.81. The van der Waals surface area contributed by atoms with Crippen LogP contribution in [0.1, 0.15) is 46.5 Å². The summed E-state index contributed by atoms with van der Waals surface area (Å²) in [5.41, 5.74) is 0. The normalized spacial score (nSPS) is 30.5. The summed E-state index contributed by atoms with van der Waals surface area (Å²) < 4.78 is 0. The molecule has 0 aromatic heterocycles. The van der Waals surface area contributed by atoms with Crippen molar-refractivity contribution in [2.75, 3.05) is 6.61 Å². The highest BCUT2D eigenvalue weighted by molar-refractivity contribution is 4.68. The fourth-order valence-corrected chi connectivity index (χ4v) is 1.73. The third kappa shape index (κ3) is 4.41. The summed E-state index contributed by atoms with van der Waals surface area (Å²) >= 11 is 0. The monoisotopic (exact) mass is 158 g/mol. The highest BCUT2D eigenvalue weighted by Gasteiger charge is 2.17. The molecule has 0 spiro atoms. The number of aliphatic hydroxyl groups excluding tert-OH is 1. The Balaban J connectivity index is 0.000000461. The molecular formula is C10H22O. The van der Waals surface area contributed by atoms with E-state index < -0.39 is 0 Å². The maximum atomic E-state index is 8.81. The van der Waals surface area contributed by atoms with Crippen LogP contribution >= 0.6 is 0 Å². The first-order chi connectivity index (χ1) is 5.33. The Morgan fingerprint density at radius 2 is 1.91 bits per heavy atom. The zero-order valence-electron chi connectivity index (χ0n) is 8.14. The SMILES string of the molecule is CC.C[C@@H]1CCC[C@@H](CO)C1. The van der Waals surface area contributed by atoms with Crippen LogP contribution in [0.2, 0.25) is 0 Å². The van der Waals surface area contributed by atoms with Crippen LogP contribution in [0.3, 0.4) is 0 Å². The van der Waals surface area contributed by atoms with Gasteiger partial charge in [-0.05, 0) is 24.7 Å². The first-order valence-corrected chi connectivity index (χ1v) is 4.93. The van der Waals surface area contributed by atoms with Crippen molar-refractivity contribution in [1.29, 1.82) is 0 Å². The van der Waals surface area contributed by atoms with E-state index in [0.717, 1.165) is 5.92 Å². The minimum absolute atomic E-state index is 0.407. The van der Waals surface area contributed by atoms with Crippen molar-refractivity contribution in [2.45, 2.75) is 46.5 Å². The highest BCUT2D eigenvalue weighted by Crippen LogP contribution is 2.27. The second-order valence-electron chi connectivity index (χ2n) is 3.32. The quantitative estimate of drug-likeness (QED) is 0.622. The van der Waals surface area contributed by atoms with Crippen LogP contribution in [-0.4, -0.2) is 11.7 Å². The van der Waals surface area contributed by atoms with E-state index in [-0.39, 0.29) is 0 Å². The largest absolute Gasteiger partial charge is 0.396 e. The van der Waals surface area contributed by atoms with Crippen molar-refractivity contribution < 1.29 is 5.11 Å². The molecule has 11 heavy (non-hydrogen) atoms. The van der Waals surface area contributed by atoms with Crippen molar-refractivity contribution in [1.82, 2.24) is 0 Å². The second kappa shape index (κ2) is 6.66. The fraction of sp³-hybridized carbons (Fsp3) is 1.00. The van der Waals surface area contributed by atoms with Gasteiger partial charge in [0.15, 0.2) is 0 Å². The average Bonchev–Trinajstić information content (AvgIpc) is 2.08. The van der Waals surface area contributed by atoms with Crippen LogP contribution < -0.4 is 0 Å². The Bertz CT molecular complexity index is 80.9. The molecule has 1 saturated carbocycles. The summed E-state index contributed by atoms with van der Waals surface area (Å²) in [6, 6.07) is 0. The smallest absolute Gasteiger partial charge is 0.0459 e. The summed E-state index contributed by atoms with van der Waals surface area (Å²) in [5.74, 6) is 1.48. The molecule has 1 rings (SSSR count). The molecule has 0 radical (unpaired) electrons. The lowest BCUT2D eigenvalue weighted by atomic mass is 9.83. The summed E-state index contributed by atoms with van der Waals surface area (Å²) in [6.07, 6.45) is 5.19. The minimum atomic E-state index is 0.407. The van der Waals surface area contributed by atoms with Gasteiger partial charge in [-0.25, -0.2) is 0 Å². The third-order valence-corrected chi connectivity index (χ3v) is 2.30. The lowest BCUT2D eigenvalue weighted by molar-refractivity contribution is 0.166. The van der Waals surface area contributed by atoms with E-state index in [0.29, 0.717) is 12.5 Å². The first kappa shape index (κ1) is 11.0. The molecule has 1 N–H and O–H groups in total. The Morgan fingerprint density at radius 3 is 2.27 bits per heavy atom. The van der Waals surface area contributed by atoms with Gasteiger partial charge in [-0.2, -0.15) is 0 Å². The molecule has 0 heterocycles. The van der Waals surface area contributed by atoms with Crippen LogP contribution in [0, 0.1) is 11.8 Å². The molecule has 1 fully saturated rings. The van der Waals surface area contributed by atoms with Crippen LogP contribution in [0.5, 0.6) is 0 Å². The molecule has 1 aliphatic rings. The second-order valence-corrected chi connectivity index (χ2v) is 3.32. The van der Waals surface area contributed by atoms with E-state index >= 15 is 0 Å². The van der Waals surface area contributed by atoms with Crippen molar-refractivity contribution in [3.8, 4) is 0 Å². The Kier molecular flexibility index (Phi) is 6.63. The molecule has 0 aliphatic heterocycles. The average molecular weight is 158 g/mol. The van der Waals surface area contributed by atoms with Gasteiger partial charge < -0.3 is 5.11 Å². The number of hydrogen-bond donors (Lipinski definition) is 1. The predicted molar refractivity (Wildman–Crippen MR) is 49.6 cm³/mol. The van der Waals surface area contributed by atoms with E-state index in [1.807, 2.05) is 13.8 Å². The van der Waals surface area contributed by atoms with Crippen molar-refractivity contribution >= 4 is 0 Å². The van der Waals surface area contributed by atoms with E-state index in [2.05, 4.69) is 6.92 Å². The standard InChI is InChI=1S/C8H16O.C2H6/c1-7-3-2-4-8(5-7)6-9;1-2/h7-9H,2-6H2,1H3;1-2H3/t7-,8-;/m1./s1. The Morgan fingerprint density at radius 1 is 1.27 bits per heavy atom. The third-order valence-electron chi connectivity index (χ3n) is 2.30. The highest BCUT2D eigenvalue weighted by atomic mass is 16.3. The van der Waals surface area contributed by atoms with Crippen molar-refractivity contribution in [3.63, 3.8) is 0 Å². The summed E-state index contributed by atoms with van der Waals surface area (Å²) in [6.45, 7) is 6.69. The molecule has 1 nitrogen and oxygen atoms in total. The lowest BCUT2D eigenvalue weighted by Crippen LogP contribution is -2.15. The first-order valence-electron chi connectivity index (χ1n) is 4.93. The lowest BCUT2D eigenvalue weighted by Gasteiger charge is -2.24. The summed E-state index contributed by atoms with van der Waals surface area (Å²) in [7, 11) is 0. The van der Waals surface area contributed by atoms with Gasteiger partial charge in [0, 0.05) is 6.61 Å². The topological polar surface area (TPSA) is 20.2 Å². The fourth-order valence-electron chi connectivity index (χ4n) is 1.73. The molecule has 0 saturated heterocycles. The van der Waals surface area contributed by atoms with Gasteiger partial charge in [-0.3, -0.25) is 0 Å². The van der Waals surface area contributed by atoms with E-state index in [1.165, 1.54) is 25.7 Å². The molecule has 0 aromatic carbocycles. The van der Waals surface area contributed by atoms with Crippen LogP contribution in [0.15, 0.2) is 0 Å². The number of aliphatic hydroxyl groups is 1. The molecule has 1 heteroatoms. The molecule has 68 valence electrons. The maximum absolute atomic E-state index is 8.81. The summed E-state index contributed by atoms with van der Waals surface area (Å²) in [4.78, 5) is 0. The van der Waals surface area contributed by atoms with Crippen LogP contribution in [0.4, 0.5) is 0 Å². The molecule has 0 bridgehead atoms. The van der Waals surface area contributed by atoms with Gasteiger partial charge in [0.05, 0.1) is 0 Å². The van der Waals surface area contributed by atoms with Crippen LogP contribution in [0.25, 0.3) is 0 Å². The maximum Gasteiger partial charge on any atom is 0.0459 e. The molecule has 0 unspecified atom stereocenters. The van der Waals surface area contributed by atoms with Gasteiger partial charge in [0.2, 0.25) is 0 Å². The van der Waals surface area contributed by atoms with E-state index in [9.17, 15) is 0 Å². The molecular weight excluding hydrogens is 136 g/mol. The molecule has 0 aromatic rings. The Hall–Kier alpha value is -0.0400. The van der Waals surface area contributed by atoms with Gasteiger partial charge >= 0.3 is 0 Å². The van der Waals surface area contributed by atoms with E-state index in [4.69, 9.17) is 5.11 Å². The number of hydrogen-bond acceptors (Lipinski definition) is 1. The van der Waals surface area contributed by atoms with E-state index in [1.54, 1.807) is 0 Å². The van der Waals surface area contributed by atoms with Crippen molar-refractivity contribution in [2.24, 2.45) is 11.8 Å². The minimum Gasteiger partial charge on any atom is -0.396 e. The van der Waals surface area contributed by atoms with Gasteiger partial charge in [-0.15, -0.1) is 0 Å². The molecule has 2 atom stereocenters. The van der Waals surface area contributed by atoms with Crippen molar-refractivity contribution in [3.05, 3.63) is 0 Å². The van der Waals surface area contributed by atoms with Gasteiger partial charge in [0.25, 0.3) is 0 Å². The zero-order valence-corrected chi connectivity index (χ0v) is 8.14. The zero-order chi connectivity index (χ0) is 8.69. The van der Waals surface area contributed by atoms with Gasteiger partial charge in [-0.1, -0.05) is 33.6 Å². The predicted octanol–water partition coefficient (Wildman–Crippen LogP) is 2.83. The number of rotatable bonds is 1. The van der Waals surface area contributed by atoms with Crippen LogP contribution in [-0.2, 0) is 0 Å². The molecule has 1 aliphatic carbocycles.